The summed E-state index contributed by atoms with van der Waals surface area (Å²) in [6.07, 6.45) is 3.68. The van der Waals surface area contributed by atoms with Crippen molar-refractivity contribution in [3.63, 3.8) is 0 Å². The summed E-state index contributed by atoms with van der Waals surface area (Å²) in [7, 11) is 1.72. The highest BCUT2D eigenvalue weighted by Gasteiger charge is 2.06. The van der Waals surface area contributed by atoms with E-state index >= 15 is 0 Å². The first-order valence-electron chi connectivity index (χ1n) is 5.41. The van der Waals surface area contributed by atoms with Crippen LogP contribution in [-0.2, 0) is 7.05 Å². The number of nitrogen functional groups attached to an aromatic ring is 1. The largest absolute Gasteiger partial charge is 0.397 e. The van der Waals surface area contributed by atoms with Crippen molar-refractivity contribution >= 4 is 38.6 Å². The minimum Gasteiger partial charge on any atom is -0.397 e. The topological polar surface area (TPSA) is 48.0 Å². The van der Waals surface area contributed by atoms with Crippen LogP contribution in [0, 0.1) is 0 Å². The van der Waals surface area contributed by atoms with Gasteiger partial charge in [0.2, 0.25) is 0 Å². The normalized spacial score (nSPS) is 11.2. The number of halogens is 1. The summed E-state index contributed by atoms with van der Waals surface area (Å²) < 4.78 is 2.33. The van der Waals surface area contributed by atoms with Gasteiger partial charge >= 0.3 is 0 Å². The molecule has 1 aromatic carbocycles. The van der Waals surface area contributed by atoms with Crippen LogP contribution in [0.1, 0.15) is 5.56 Å². The quantitative estimate of drug-likeness (QED) is 0.685. The Kier molecular flexibility index (Phi) is 3.39. The van der Waals surface area contributed by atoms with Crippen molar-refractivity contribution in [1.29, 1.82) is 0 Å². The Hall–Kier alpha value is -1.81. The molecule has 2 N–H and O–H groups in total. The van der Waals surface area contributed by atoms with Gasteiger partial charge in [-0.25, -0.2) is 0 Å². The Morgan fingerprint density at radius 3 is 2.72 bits per heavy atom. The van der Waals surface area contributed by atoms with Gasteiger partial charge in [-0.3, -0.25) is 4.79 Å². The Morgan fingerprint density at radius 1 is 1.39 bits per heavy atom. The van der Waals surface area contributed by atoms with Gasteiger partial charge in [0, 0.05) is 23.0 Å². The Labute approximate surface area is 113 Å². The molecular formula is C14H13BrN2O. The van der Waals surface area contributed by atoms with Gasteiger partial charge in [0.1, 0.15) is 0 Å². The molecule has 0 aliphatic rings. The highest BCUT2D eigenvalue weighted by atomic mass is 79.9. The summed E-state index contributed by atoms with van der Waals surface area (Å²) in [5, 5.41) is 0.949. The summed E-state index contributed by atoms with van der Waals surface area (Å²) in [4.78, 5) is 11.6. The molecule has 2 aromatic rings. The van der Waals surface area contributed by atoms with E-state index in [-0.39, 0.29) is 5.56 Å². The Bertz CT molecular complexity index is 714. The van der Waals surface area contributed by atoms with Gasteiger partial charge in [0.15, 0.2) is 0 Å². The summed E-state index contributed by atoms with van der Waals surface area (Å²) in [5.74, 6) is 0. The predicted octanol–water partition coefficient (Wildman–Crippen LogP) is 3.04. The number of aryl methyl sites for hydroxylation is 1. The fourth-order valence-corrected chi connectivity index (χ4v) is 1.99. The minimum atomic E-state index is -0.0692. The maximum Gasteiger partial charge on any atom is 0.250 e. The average Bonchev–Trinajstić information content (AvgIpc) is 2.32. The molecule has 18 heavy (non-hydrogen) atoms. The number of allylic oxidation sites excluding steroid dienone is 2. The number of hydrogen-bond donors (Lipinski definition) is 1. The summed E-state index contributed by atoms with van der Waals surface area (Å²) in [5.41, 5.74) is 8.26. The van der Waals surface area contributed by atoms with Crippen molar-refractivity contribution in [3.05, 3.63) is 57.3 Å². The fourth-order valence-electron chi connectivity index (χ4n) is 1.86. The van der Waals surface area contributed by atoms with Crippen LogP contribution in [0.15, 0.2) is 46.2 Å². The molecule has 0 fully saturated rings. The molecule has 0 atom stereocenters. The number of nitrogens with zero attached hydrogens (tertiary/aromatic N) is 1. The third kappa shape index (κ3) is 2.24. The lowest BCUT2D eigenvalue weighted by Crippen LogP contribution is -2.16. The molecular weight excluding hydrogens is 292 g/mol. The first kappa shape index (κ1) is 12.6. The van der Waals surface area contributed by atoms with E-state index in [1.165, 1.54) is 6.07 Å². The first-order valence-corrected chi connectivity index (χ1v) is 6.20. The first-order chi connectivity index (χ1) is 8.50. The van der Waals surface area contributed by atoms with E-state index in [1.807, 2.05) is 24.3 Å². The van der Waals surface area contributed by atoms with Crippen LogP contribution in [0.2, 0.25) is 0 Å². The molecule has 0 aliphatic heterocycles. The van der Waals surface area contributed by atoms with E-state index in [2.05, 4.69) is 22.5 Å². The SMILES string of the molecule is C=C(Br)/C=C\c1ccc2ccc(=O)n(C)c2c1N. The molecule has 0 aliphatic carbocycles. The number of anilines is 1. The van der Waals surface area contributed by atoms with Gasteiger partial charge in [-0.1, -0.05) is 40.7 Å². The second-order valence-electron chi connectivity index (χ2n) is 4.02. The molecule has 0 spiro atoms. The molecule has 1 aromatic heterocycles. The second-order valence-corrected chi connectivity index (χ2v) is 5.04. The van der Waals surface area contributed by atoms with Crippen LogP contribution in [0.4, 0.5) is 5.69 Å². The van der Waals surface area contributed by atoms with Crippen molar-refractivity contribution in [1.82, 2.24) is 4.57 Å². The van der Waals surface area contributed by atoms with E-state index in [9.17, 15) is 4.79 Å². The van der Waals surface area contributed by atoms with Gasteiger partial charge < -0.3 is 10.3 Å². The molecule has 0 saturated carbocycles. The molecule has 0 saturated heterocycles. The van der Waals surface area contributed by atoms with Crippen LogP contribution in [-0.4, -0.2) is 4.57 Å². The third-order valence-corrected chi connectivity index (χ3v) is 3.06. The van der Waals surface area contributed by atoms with Crippen LogP contribution >= 0.6 is 15.9 Å². The van der Waals surface area contributed by atoms with E-state index in [1.54, 1.807) is 17.7 Å². The van der Waals surface area contributed by atoms with E-state index in [0.717, 1.165) is 20.9 Å². The summed E-state index contributed by atoms with van der Waals surface area (Å²) in [6.45, 7) is 3.73. The molecule has 0 amide bonds. The highest BCUT2D eigenvalue weighted by Crippen LogP contribution is 2.24. The number of nitrogens with two attached hydrogens (primary N) is 1. The van der Waals surface area contributed by atoms with Crippen molar-refractivity contribution in [2.24, 2.45) is 7.05 Å². The number of rotatable bonds is 2. The fraction of sp³-hybridized carbons (Fsp3) is 0.0714. The number of fused-ring (bicyclic) bond motifs is 1. The lowest BCUT2D eigenvalue weighted by atomic mass is 10.1. The molecule has 0 unspecified atom stereocenters. The van der Waals surface area contributed by atoms with Gasteiger partial charge in [-0.05, 0) is 17.7 Å². The Morgan fingerprint density at radius 2 is 2.06 bits per heavy atom. The third-order valence-electron chi connectivity index (χ3n) is 2.80. The number of benzene rings is 1. The minimum absolute atomic E-state index is 0.0692. The average molecular weight is 305 g/mol. The van der Waals surface area contributed by atoms with Gasteiger partial charge in [-0.15, -0.1) is 0 Å². The maximum atomic E-state index is 11.6. The van der Waals surface area contributed by atoms with Gasteiger partial charge in [-0.2, -0.15) is 0 Å². The number of aromatic nitrogens is 1. The molecule has 92 valence electrons. The second kappa shape index (κ2) is 4.82. The zero-order valence-corrected chi connectivity index (χ0v) is 11.6. The van der Waals surface area contributed by atoms with Crippen LogP contribution in [0.3, 0.4) is 0 Å². The molecule has 3 nitrogen and oxygen atoms in total. The molecule has 1 heterocycles. The van der Waals surface area contributed by atoms with Gasteiger partial charge in [0.25, 0.3) is 5.56 Å². The molecule has 0 radical (unpaired) electrons. The molecule has 2 rings (SSSR count). The standard InChI is InChI=1S/C14H13BrN2O/c1-9(15)3-4-10-5-6-11-7-8-12(18)17(2)14(11)13(10)16/h3-8H,1,16H2,2H3/b4-3-. The zero-order chi connectivity index (χ0) is 13.3. The van der Waals surface area contributed by atoms with Crippen LogP contribution < -0.4 is 11.3 Å². The zero-order valence-electron chi connectivity index (χ0n) is 9.98. The Balaban J connectivity index is 2.74. The van der Waals surface area contributed by atoms with Crippen LogP contribution in [0.5, 0.6) is 0 Å². The van der Waals surface area contributed by atoms with E-state index in [0.29, 0.717) is 5.69 Å². The van der Waals surface area contributed by atoms with Crippen molar-refractivity contribution in [3.8, 4) is 0 Å². The van der Waals surface area contributed by atoms with Crippen molar-refractivity contribution in [2.45, 2.75) is 0 Å². The van der Waals surface area contributed by atoms with Crippen molar-refractivity contribution < 1.29 is 0 Å². The lowest BCUT2D eigenvalue weighted by molar-refractivity contribution is 0.907. The highest BCUT2D eigenvalue weighted by molar-refractivity contribution is 9.11. The monoisotopic (exact) mass is 304 g/mol. The smallest absolute Gasteiger partial charge is 0.250 e. The molecule has 0 bridgehead atoms. The maximum absolute atomic E-state index is 11.6. The molecule has 4 heteroatoms. The summed E-state index contributed by atoms with van der Waals surface area (Å²) in [6, 6.07) is 7.19. The predicted molar refractivity (Wildman–Crippen MR) is 80.7 cm³/mol. The van der Waals surface area contributed by atoms with E-state index < -0.39 is 0 Å². The van der Waals surface area contributed by atoms with E-state index in [4.69, 9.17) is 5.73 Å². The van der Waals surface area contributed by atoms with Gasteiger partial charge in [0.05, 0.1) is 11.2 Å². The number of pyridine rings is 1. The summed E-state index contributed by atoms with van der Waals surface area (Å²) >= 11 is 3.25. The van der Waals surface area contributed by atoms with Crippen molar-refractivity contribution in [2.75, 3.05) is 5.73 Å². The van der Waals surface area contributed by atoms with Crippen LogP contribution in [0.25, 0.3) is 17.0 Å². The lowest BCUT2D eigenvalue weighted by Gasteiger charge is -2.09. The number of hydrogen-bond acceptors (Lipinski definition) is 2.